The number of likely N-dealkylation sites (tertiary alicyclic amines) is 1. The molecular formula is C33H30F3NO12. The van der Waals surface area contributed by atoms with Crippen LogP contribution in [0.4, 0.5) is 13.2 Å². The van der Waals surface area contributed by atoms with Crippen LogP contribution >= 0.6 is 0 Å². The standard InChI is InChI=1S/C33H30F3NO12/c1-16(38)45-21(28(41)48-25(17-6-4-3-5-7-17)29(42)49-30(43)33(34,35)36)15-23(40)46-20-10-11-32(44)22-14-18-8-9-19(39)26-24(18)31(32,27(20)47-26)12-13-37(22)2/h3-10,21-22,25,27,39,44H,11-15H2,1-2H3/t21-,22+,25-,27-,31-,32+/m0/s1. The highest BCUT2D eigenvalue weighted by Crippen LogP contribution is 2.65. The van der Waals surface area contributed by atoms with E-state index in [1.807, 2.05) is 11.9 Å². The van der Waals surface area contributed by atoms with Crippen molar-refractivity contribution in [3.63, 3.8) is 0 Å². The third kappa shape index (κ3) is 5.67. The number of carbonyl (C=O) groups is 5. The lowest BCUT2D eigenvalue weighted by molar-refractivity contribution is -0.206. The largest absolute Gasteiger partial charge is 0.504 e. The van der Waals surface area contributed by atoms with Crippen molar-refractivity contribution in [2.45, 2.75) is 74.2 Å². The van der Waals surface area contributed by atoms with Gasteiger partial charge in [-0.25, -0.2) is 14.4 Å². The lowest BCUT2D eigenvalue weighted by Gasteiger charge is -2.61. The van der Waals surface area contributed by atoms with E-state index in [4.69, 9.17) is 18.9 Å². The zero-order valence-corrected chi connectivity index (χ0v) is 26.0. The maximum atomic E-state index is 13.3. The number of aromatic hydroxyl groups is 1. The van der Waals surface area contributed by atoms with Crippen molar-refractivity contribution in [2.24, 2.45) is 0 Å². The van der Waals surface area contributed by atoms with Crippen LogP contribution in [0.15, 0.2) is 54.3 Å². The second-order valence-corrected chi connectivity index (χ2v) is 12.3. The molecule has 13 nitrogen and oxygen atoms in total. The third-order valence-corrected chi connectivity index (χ3v) is 9.48. The molecule has 2 aliphatic carbocycles. The Morgan fingerprint density at radius 1 is 1.06 bits per heavy atom. The quantitative estimate of drug-likeness (QED) is 0.235. The molecule has 2 aliphatic heterocycles. The molecule has 2 aromatic carbocycles. The maximum Gasteiger partial charge on any atom is 0.491 e. The summed E-state index contributed by atoms with van der Waals surface area (Å²) in [4.78, 5) is 64.5. The van der Waals surface area contributed by atoms with Crippen molar-refractivity contribution in [1.29, 1.82) is 0 Å². The molecule has 4 aliphatic rings. The summed E-state index contributed by atoms with van der Waals surface area (Å²) in [5.41, 5.74) is -1.14. The van der Waals surface area contributed by atoms with E-state index in [1.165, 1.54) is 42.5 Å². The number of nitrogens with zero attached hydrogens (tertiary/aromatic N) is 1. The van der Waals surface area contributed by atoms with Crippen molar-refractivity contribution in [3.8, 4) is 11.5 Å². The van der Waals surface area contributed by atoms with Gasteiger partial charge in [-0.15, -0.1) is 0 Å². The average molecular weight is 690 g/mol. The van der Waals surface area contributed by atoms with Crippen LogP contribution in [-0.2, 0) is 54.8 Å². The lowest BCUT2D eigenvalue weighted by atomic mass is 9.50. The number of ether oxygens (including phenoxy) is 5. The van der Waals surface area contributed by atoms with Crippen LogP contribution in [0.25, 0.3) is 0 Å². The van der Waals surface area contributed by atoms with Crippen molar-refractivity contribution in [2.75, 3.05) is 13.6 Å². The number of likely N-dealkylation sites (N-methyl/N-ethyl adjacent to an activating group) is 1. The predicted octanol–water partition coefficient (Wildman–Crippen LogP) is 2.45. The highest BCUT2D eigenvalue weighted by Gasteiger charge is 2.72. The number of hydrogen-bond donors (Lipinski definition) is 2. The minimum absolute atomic E-state index is 0.0206. The Labute approximate surface area is 276 Å². The Kier molecular flexibility index (Phi) is 8.43. The van der Waals surface area contributed by atoms with Gasteiger partial charge in [-0.2, -0.15) is 13.2 Å². The number of benzene rings is 2. The fraction of sp³-hybridized carbons (Fsp3) is 0.424. The Morgan fingerprint density at radius 2 is 1.78 bits per heavy atom. The number of carbonyl (C=O) groups excluding carboxylic acids is 5. The molecule has 1 fully saturated rings. The molecule has 6 rings (SSSR count). The molecule has 2 aromatic rings. The van der Waals surface area contributed by atoms with Crippen LogP contribution in [0.2, 0.25) is 0 Å². The van der Waals surface area contributed by atoms with Crippen molar-refractivity contribution in [1.82, 2.24) is 4.90 Å². The Morgan fingerprint density at radius 3 is 2.45 bits per heavy atom. The molecule has 0 radical (unpaired) electrons. The number of phenols is 1. The predicted molar refractivity (Wildman–Crippen MR) is 155 cm³/mol. The summed E-state index contributed by atoms with van der Waals surface area (Å²) in [6.45, 7) is 1.47. The summed E-state index contributed by atoms with van der Waals surface area (Å²) >= 11 is 0. The molecule has 2 heterocycles. The highest BCUT2D eigenvalue weighted by molar-refractivity contribution is 5.93. The third-order valence-electron chi connectivity index (χ3n) is 9.48. The number of piperidine rings is 1. The van der Waals surface area contributed by atoms with Crippen LogP contribution < -0.4 is 4.74 Å². The van der Waals surface area contributed by atoms with Gasteiger partial charge in [0.25, 0.3) is 0 Å². The zero-order valence-electron chi connectivity index (χ0n) is 26.0. The Bertz CT molecular complexity index is 1760. The smallest absolute Gasteiger partial charge is 0.491 e. The van der Waals surface area contributed by atoms with Gasteiger partial charge >= 0.3 is 36.0 Å². The van der Waals surface area contributed by atoms with Gasteiger partial charge in [0.2, 0.25) is 12.2 Å². The van der Waals surface area contributed by atoms with E-state index in [2.05, 4.69) is 4.74 Å². The van der Waals surface area contributed by atoms with Crippen LogP contribution in [0, 0.1) is 0 Å². The van der Waals surface area contributed by atoms with Gasteiger partial charge < -0.3 is 38.8 Å². The topological polar surface area (TPSA) is 175 Å². The van der Waals surface area contributed by atoms with E-state index in [0.717, 1.165) is 12.5 Å². The summed E-state index contributed by atoms with van der Waals surface area (Å²) in [7, 11) is 1.90. The van der Waals surface area contributed by atoms with Gasteiger partial charge in [-0.05, 0) is 44.1 Å². The first kappa shape index (κ1) is 33.9. The summed E-state index contributed by atoms with van der Waals surface area (Å²) in [5.74, 6) is -8.49. The summed E-state index contributed by atoms with van der Waals surface area (Å²) < 4.78 is 64.2. The van der Waals surface area contributed by atoms with E-state index in [9.17, 15) is 47.4 Å². The zero-order chi connectivity index (χ0) is 35.5. The van der Waals surface area contributed by atoms with Crippen LogP contribution in [0.5, 0.6) is 11.5 Å². The number of aliphatic hydroxyl groups is 1. The molecule has 2 bridgehead atoms. The molecule has 260 valence electrons. The normalized spacial score (nSPS) is 26.2. The summed E-state index contributed by atoms with van der Waals surface area (Å²) in [6, 6.07) is 9.55. The molecule has 16 heteroatoms. The van der Waals surface area contributed by atoms with E-state index < -0.39 is 71.8 Å². The molecule has 1 saturated heterocycles. The molecule has 0 amide bonds. The van der Waals surface area contributed by atoms with Gasteiger partial charge in [0, 0.05) is 30.5 Å². The number of phenolic OH excluding ortho intramolecular Hbond substituents is 1. The molecular weight excluding hydrogens is 659 g/mol. The van der Waals surface area contributed by atoms with Crippen LogP contribution in [0.1, 0.15) is 49.0 Å². The molecule has 1 spiro atoms. The Hall–Kier alpha value is -4.96. The van der Waals surface area contributed by atoms with Crippen LogP contribution in [0.3, 0.4) is 0 Å². The van der Waals surface area contributed by atoms with Crippen molar-refractivity contribution >= 4 is 29.8 Å². The maximum absolute atomic E-state index is 13.3. The molecule has 0 aromatic heterocycles. The van der Waals surface area contributed by atoms with E-state index in [0.29, 0.717) is 24.9 Å². The van der Waals surface area contributed by atoms with Gasteiger partial charge in [-0.1, -0.05) is 36.4 Å². The number of esters is 5. The second kappa shape index (κ2) is 12.2. The van der Waals surface area contributed by atoms with Gasteiger partial charge in [0.15, 0.2) is 17.6 Å². The molecule has 6 atom stereocenters. The fourth-order valence-corrected chi connectivity index (χ4v) is 7.41. The first-order chi connectivity index (χ1) is 23.1. The Balaban J connectivity index is 1.23. The van der Waals surface area contributed by atoms with Crippen LogP contribution in [-0.4, -0.2) is 88.6 Å². The van der Waals surface area contributed by atoms with Crippen molar-refractivity contribution < 1.29 is 71.0 Å². The number of rotatable bonds is 8. The fourth-order valence-electron chi connectivity index (χ4n) is 7.41. The van der Waals surface area contributed by atoms with Gasteiger partial charge in [0.1, 0.15) is 5.76 Å². The van der Waals surface area contributed by atoms with E-state index in [-0.39, 0.29) is 35.3 Å². The van der Waals surface area contributed by atoms with Gasteiger partial charge in [0.05, 0.1) is 17.4 Å². The average Bonchev–Trinajstić information content (AvgIpc) is 3.40. The number of hydrogen-bond acceptors (Lipinski definition) is 13. The van der Waals surface area contributed by atoms with E-state index in [1.54, 1.807) is 6.07 Å². The lowest BCUT2D eigenvalue weighted by Crippen LogP contribution is -2.74. The summed E-state index contributed by atoms with van der Waals surface area (Å²) in [6.07, 6.45) is -9.44. The van der Waals surface area contributed by atoms with E-state index >= 15 is 0 Å². The minimum atomic E-state index is -5.54. The number of alkyl halides is 3. The SMILES string of the molecule is CC(=O)O[C@@H](CC(=O)OC1=CC[C@@]2(O)[C@H]3Cc4ccc(O)c5c4[C@@]2(CCN3C)[C@H]1O5)C(=O)O[C@H](C(=O)OC(=O)C(F)(F)F)c1ccccc1. The number of halogens is 3. The first-order valence-electron chi connectivity index (χ1n) is 15.2. The monoisotopic (exact) mass is 689 g/mol. The summed E-state index contributed by atoms with van der Waals surface area (Å²) in [5, 5.41) is 22.9. The van der Waals surface area contributed by atoms with Crippen molar-refractivity contribution in [3.05, 3.63) is 71.0 Å². The highest BCUT2D eigenvalue weighted by atomic mass is 19.4. The van der Waals surface area contributed by atoms with Gasteiger partial charge in [-0.3, -0.25) is 9.59 Å². The molecule has 0 unspecified atom stereocenters. The molecule has 49 heavy (non-hydrogen) atoms. The second-order valence-electron chi connectivity index (χ2n) is 12.3. The molecule has 0 saturated carbocycles. The minimum Gasteiger partial charge on any atom is -0.504 e. The molecule has 2 N–H and O–H groups in total. The first-order valence-corrected chi connectivity index (χ1v) is 15.2.